The van der Waals surface area contributed by atoms with Gasteiger partial charge in [-0.05, 0) is 18.4 Å². The largest absolute Gasteiger partial charge is 0.480 e. The lowest BCUT2D eigenvalue weighted by Crippen LogP contribution is -2.46. The van der Waals surface area contributed by atoms with Crippen molar-refractivity contribution in [3.05, 3.63) is 35.9 Å². The van der Waals surface area contributed by atoms with Crippen molar-refractivity contribution in [3.8, 4) is 0 Å². The number of carboxylic acids is 1. The van der Waals surface area contributed by atoms with Crippen molar-refractivity contribution >= 4 is 11.9 Å². The van der Waals surface area contributed by atoms with Crippen LogP contribution in [-0.4, -0.2) is 29.6 Å². The van der Waals surface area contributed by atoms with Crippen molar-refractivity contribution in [2.45, 2.75) is 25.5 Å². The highest BCUT2D eigenvalue weighted by atomic mass is 16.5. The average Bonchev–Trinajstić information content (AvgIpc) is 2.46. The van der Waals surface area contributed by atoms with Crippen LogP contribution in [0.1, 0.15) is 18.4 Å². The van der Waals surface area contributed by atoms with Gasteiger partial charge in [0.1, 0.15) is 12.6 Å². The fraction of sp³-hybridized carbons (Fsp3) is 0.429. The van der Waals surface area contributed by atoms with E-state index in [0.717, 1.165) is 5.56 Å². The molecule has 0 saturated carbocycles. The summed E-state index contributed by atoms with van der Waals surface area (Å²) in [6.07, 6.45) is 1.22. The molecular formula is C14H18N2O3. The molecule has 0 radical (unpaired) electrons. The molecule has 0 aromatic heterocycles. The van der Waals surface area contributed by atoms with Crippen LogP contribution in [0.4, 0.5) is 0 Å². The SMILES string of the molecule is N=C(OCc1ccccc1)[C@@H]1CC[C@@H](C(=O)O)NC1. The first-order chi connectivity index (χ1) is 9.16. The number of benzene rings is 1. The highest BCUT2D eigenvalue weighted by molar-refractivity contribution is 5.77. The number of hydrogen-bond donors (Lipinski definition) is 3. The minimum Gasteiger partial charge on any atom is -0.480 e. The van der Waals surface area contributed by atoms with E-state index in [1.54, 1.807) is 0 Å². The second-order valence-corrected chi connectivity index (χ2v) is 4.71. The molecule has 19 heavy (non-hydrogen) atoms. The van der Waals surface area contributed by atoms with Gasteiger partial charge in [-0.15, -0.1) is 0 Å². The molecule has 1 fully saturated rings. The van der Waals surface area contributed by atoms with Crippen LogP contribution < -0.4 is 5.32 Å². The summed E-state index contributed by atoms with van der Waals surface area (Å²) in [5.74, 6) is -0.616. The minimum atomic E-state index is -0.824. The Morgan fingerprint density at radius 3 is 2.68 bits per heavy atom. The molecule has 102 valence electrons. The van der Waals surface area contributed by atoms with Crippen LogP contribution in [0.5, 0.6) is 0 Å². The van der Waals surface area contributed by atoms with Crippen molar-refractivity contribution in [3.63, 3.8) is 0 Å². The first-order valence-electron chi connectivity index (χ1n) is 6.38. The molecule has 3 N–H and O–H groups in total. The van der Waals surface area contributed by atoms with Crippen LogP contribution in [-0.2, 0) is 16.1 Å². The van der Waals surface area contributed by atoms with Crippen LogP contribution in [0.3, 0.4) is 0 Å². The molecule has 1 aromatic carbocycles. The van der Waals surface area contributed by atoms with E-state index in [1.807, 2.05) is 30.3 Å². The summed E-state index contributed by atoms with van der Waals surface area (Å²) in [4.78, 5) is 10.8. The van der Waals surface area contributed by atoms with E-state index >= 15 is 0 Å². The van der Waals surface area contributed by atoms with Gasteiger partial charge in [0.05, 0.1) is 0 Å². The Kier molecular flexibility index (Phi) is 4.52. The predicted molar refractivity (Wildman–Crippen MR) is 71.1 cm³/mol. The molecule has 5 heteroatoms. The molecule has 0 aliphatic carbocycles. The maximum atomic E-state index is 10.8. The normalized spacial score (nSPS) is 22.7. The van der Waals surface area contributed by atoms with Gasteiger partial charge >= 0.3 is 5.97 Å². The summed E-state index contributed by atoms with van der Waals surface area (Å²) >= 11 is 0. The van der Waals surface area contributed by atoms with E-state index in [-0.39, 0.29) is 11.8 Å². The zero-order valence-corrected chi connectivity index (χ0v) is 10.6. The number of carbonyl (C=O) groups is 1. The first kappa shape index (κ1) is 13.5. The third kappa shape index (κ3) is 3.79. The van der Waals surface area contributed by atoms with E-state index in [0.29, 0.717) is 26.0 Å². The Bertz CT molecular complexity index is 439. The van der Waals surface area contributed by atoms with Crippen LogP contribution in [0, 0.1) is 11.3 Å². The Labute approximate surface area is 112 Å². The lowest BCUT2D eigenvalue weighted by atomic mass is 9.94. The van der Waals surface area contributed by atoms with Gasteiger partial charge in [-0.1, -0.05) is 30.3 Å². The van der Waals surface area contributed by atoms with Gasteiger partial charge in [0.15, 0.2) is 5.90 Å². The topological polar surface area (TPSA) is 82.4 Å². The van der Waals surface area contributed by atoms with E-state index in [2.05, 4.69) is 5.32 Å². The standard InChI is InChI=1S/C14H18N2O3/c15-13(19-9-10-4-2-1-3-5-10)11-6-7-12(14(17)18)16-8-11/h1-5,11-12,15-16H,6-9H2,(H,17,18)/t11-,12+/m1/s1. The average molecular weight is 262 g/mol. The summed E-state index contributed by atoms with van der Waals surface area (Å²) < 4.78 is 5.46. The molecule has 1 heterocycles. The third-order valence-corrected chi connectivity index (χ3v) is 3.32. The molecule has 1 aliphatic rings. The van der Waals surface area contributed by atoms with Gasteiger partial charge in [0.25, 0.3) is 0 Å². The quantitative estimate of drug-likeness (QED) is 0.569. The number of carboxylic acid groups (broad SMARTS) is 1. The molecule has 0 spiro atoms. The monoisotopic (exact) mass is 262 g/mol. The highest BCUT2D eigenvalue weighted by Crippen LogP contribution is 2.17. The van der Waals surface area contributed by atoms with Gasteiger partial charge in [0.2, 0.25) is 0 Å². The van der Waals surface area contributed by atoms with Crippen molar-refractivity contribution in [1.82, 2.24) is 5.32 Å². The smallest absolute Gasteiger partial charge is 0.320 e. The van der Waals surface area contributed by atoms with Gasteiger partial charge in [-0.25, -0.2) is 0 Å². The van der Waals surface area contributed by atoms with E-state index in [4.69, 9.17) is 15.3 Å². The molecule has 0 unspecified atom stereocenters. The Hall–Kier alpha value is -1.88. The summed E-state index contributed by atoms with van der Waals surface area (Å²) in [7, 11) is 0. The highest BCUT2D eigenvalue weighted by Gasteiger charge is 2.28. The van der Waals surface area contributed by atoms with Crippen molar-refractivity contribution in [2.75, 3.05) is 6.54 Å². The molecule has 0 amide bonds. The Morgan fingerprint density at radius 1 is 1.37 bits per heavy atom. The van der Waals surface area contributed by atoms with Gasteiger partial charge in [0, 0.05) is 12.5 Å². The number of aliphatic carboxylic acids is 1. The third-order valence-electron chi connectivity index (χ3n) is 3.32. The van der Waals surface area contributed by atoms with Crippen molar-refractivity contribution in [2.24, 2.45) is 5.92 Å². The predicted octanol–water partition coefficient (Wildman–Crippen LogP) is 1.63. The van der Waals surface area contributed by atoms with Gasteiger partial charge < -0.3 is 15.2 Å². The van der Waals surface area contributed by atoms with Crippen molar-refractivity contribution < 1.29 is 14.6 Å². The second kappa shape index (κ2) is 6.33. The van der Waals surface area contributed by atoms with E-state index < -0.39 is 12.0 Å². The van der Waals surface area contributed by atoms with E-state index in [9.17, 15) is 4.79 Å². The summed E-state index contributed by atoms with van der Waals surface area (Å²) in [6.45, 7) is 0.878. The summed E-state index contributed by atoms with van der Waals surface area (Å²) in [5, 5.41) is 19.7. The van der Waals surface area contributed by atoms with Crippen LogP contribution >= 0.6 is 0 Å². The summed E-state index contributed by atoms with van der Waals surface area (Å²) in [6, 6.07) is 9.22. The Morgan fingerprint density at radius 2 is 2.11 bits per heavy atom. The lowest BCUT2D eigenvalue weighted by Gasteiger charge is -2.27. The number of hydrogen-bond acceptors (Lipinski definition) is 4. The van der Waals surface area contributed by atoms with Gasteiger partial charge in [-0.3, -0.25) is 10.2 Å². The number of nitrogens with one attached hydrogen (secondary N) is 2. The summed E-state index contributed by atoms with van der Waals surface area (Å²) in [5.41, 5.74) is 1.03. The van der Waals surface area contributed by atoms with Gasteiger partial charge in [-0.2, -0.15) is 0 Å². The number of piperidine rings is 1. The second-order valence-electron chi connectivity index (χ2n) is 4.71. The van der Waals surface area contributed by atoms with Crippen LogP contribution in [0.15, 0.2) is 30.3 Å². The molecular weight excluding hydrogens is 244 g/mol. The fourth-order valence-corrected chi connectivity index (χ4v) is 2.14. The molecule has 1 saturated heterocycles. The first-order valence-corrected chi connectivity index (χ1v) is 6.38. The number of rotatable bonds is 4. The van der Waals surface area contributed by atoms with E-state index in [1.165, 1.54) is 0 Å². The fourth-order valence-electron chi connectivity index (χ4n) is 2.14. The minimum absolute atomic E-state index is 0.0284. The molecule has 2 rings (SSSR count). The molecule has 5 nitrogen and oxygen atoms in total. The van der Waals surface area contributed by atoms with Crippen molar-refractivity contribution in [1.29, 1.82) is 5.41 Å². The Balaban J connectivity index is 1.77. The molecule has 1 aromatic rings. The molecule has 1 aliphatic heterocycles. The maximum absolute atomic E-state index is 10.8. The molecule has 0 bridgehead atoms. The van der Waals surface area contributed by atoms with Crippen LogP contribution in [0.25, 0.3) is 0 Å². The number of ether oxygens (including phenoxy) is 1. The van der Waals surface area contributed by atoms with Crippen LogP contribution in [0.2, 0.25) is 0 Å². The zero-order valence-electron chi connectivity index (χ0n) is 10.6. The lowest BCUT2D eigenvalue weighted by molar-refractivity contribution is -0.140. The maximum Gasteiger partial charge on any atom is 0.320 e. The zero-order chi connectivity index (χ0) is 13.7. The molecule has 2 atom stereocenters.